The van der Waals surface area contributed by atoms with Gasteiger partial charge in [-0.1, -0.05) is 0 Å². The van der Waals surface area contributed by atoms with Crippen LogP contribution in [0.2, 0.25) is 0 Å². The first-order valence-electron chi connectivity index (χ1n) is 6.12. The molecule has 1 aromatic heterocycles. The van der Waals surface area contributed by atoms with Crippen molar-refractivity contribution < 1.29 is 14.8 Å². The Morgan fingerprint density at radius 3 is 2.86 bits per heavy atom. The number of benzene rings is 1. The molecule has 0 spiro atoms. The van der Waals surface area contributed by atoms with Crippen LogP contribution in [-0.2, 0) is 6.42 Å². The van der Waals surface area contributed by atoms with E-state index in [2.05, 4.69) is 10.3 Å². The number of carbonyl (C=O) groups is 1. The Morgan fingerprint density at radius 2 is 2.29 bits per heavy atom. The first kappa shape index (κ1) is 14.9. The van der Waals surface area contributed by atoms with E-state index in [-0.39, 0.29) is 11.3 Å². The van der Waals surface area contributed by atoms with Gasteiger partial charge in [-0.2, -0.15) is 0 Å². The van der Waals surface area contributed by atoms with Gasteiger partial charge in [0.2, 0.25) is 0 Å². The number of nitrogens with one attached hydrogen (secondary N) is 1. The van der Waals surface area contributed by atoms with Crippen LogP contribution in [0, 0.1) is 17.0 Å². The van der Waals surface area contributed by atoms with Crippen molar-refractivity contribution >= 4 is 28.7 Å². The van der Waals surface area contributed by atoms with E-state index in [1.54, 1.807) is 12.4 Å². The minimum Gasteiger partial charge on any atom is -0.478 e. The van der Waals surface area contributed by atoms with E-state index < -0.39 is 10.9 Å². The lowest BCUT2D eigenvalue weighted by molar-refractivity contribution is -0.385. The molecule has 21 heavy (non-hydrogen) atoms. The van der Waals surface area contributed by atoms with Crippen molar-refractivity contribution in [3.05, 3.63) is 50.0 Å². The van der Waals surface area contributed by atoms with E-state index in [9.17, 15) is 14.9 Å². The standard InChI is InChI=1S/C13H13N3O4S/c1-8-11(14-3-2-10-6-21-7-15-10)4-9(13(17)18)5-12(8)16(19)20/h4-7,14H,2-3H2,1H3,(H,17,18). The summed E-state index contributed by atoms with van der Waals surface area (Å²) in [5.74, 6) is -1.19. The van der Waals surface area contributed by atoms with E-state index in [0.717, 1.165) is 11.8 Å². The maximum atomic E-state index is 11.0. The average molecular weight is 307 g/mol. The van der Waals surface area contributed by atoms with Crippen LogP contribution in [0.5, 0.6) is 0 Å². The molecule has 0 unspecified atom stereocenters. The first-order chi connectivity index (χ1) is 9.99. The predicted molar refractivity (Wildman–Crippen MR) is 79.1 cm³/mol. The molecule has 0 aliphatic carbocycles. The van der Waals surface area contributed by atoms with E-state index in [1.165, 1.54) is 17.4 Å². The fourth-order valence-electron chi connectivity index (χ4n) is 1.88. The van der Waals surface area contributed by atoms with Crippen molar-refractivity contribution in [3.63, 3.8) is 0 Å². The third-order valence-electron chi connectivity index (χ3n) is 3.00. The lowest BCUT2D eigenvalue weighted by atomic mass is 10.1. The van der Waals surface area contributed by atoms with E-state index in [1.807, 2.05) is 5.38 Å². The van der Waals surface area contributed by atoms with Crippen LogP contribution in [-0.4, -0.2) is 27.5 Å². The van der Waals surface area contributed by atoms with E-state index >= 15 is 0 Å². The molecule has 0 saturated carbocycles. The second-order valence-corrected chi connectivity index (χ2v) is 5.11. The molecular weight excluding hydrogens is 294 g/mol. The number of nitrogens with zero attached hydrogens (tertiary/aromatic N) is 2. The zero-order valence-corrected chi connectivity index (χ0v) is 12.0. The first-order valence-corrected chi connectivity index (χ1v) is 7.06. The van der Waals surface area contributed by atoms with Crippen molar-refractivity contribution in [1.29, 1.82) is 0 Å². The van der Waals surface area contributed by atoms with Crippen LogP contribution in [0.1, 0.15) is 21.6 Å². The molecule has 0 aliphatic heterocycles. The van der Waals surface area contributed by atoms with Crippen LogP contribution in [0.4, 0.5) is 11.4 Å². The second kappa shape index (κ2) is 6.31. The van der Waals surface area contributed by atoms with Crippen molar-refractivity contribution in [2.24, 2.45) is 0 Å². The second-order valence-electron chi connectivity index (χ2n) is 4.39. The Hall–Kier alpha value is -2.48. The summed E-state index contributed by atoms with van der Waals surface area (Å²) >= 11 is 1.50. The van der Waals surface area contributed by atoms with Crippen LogP contribution >= 0.6 is 11.3 Å². The number of thiazole rings is 1. The minimum atomic E-state index is -1.19. The van der Waals surface area contributed by atoms with Gasteiger partial charge in [0.15, 0.2) is 0 Å². The monoisotopic (exact) mass is 307 g/mol. The van der Waals surface area contributed by atoms with Gasteiger partial charge in [-0.05, 0) is 13.0 Å². The zero-order valence-electron chi connectivity index (χ0n) is 11.2. The molecule has 0 atom stereocenters. The van der Waals surface area contributed by atoms with Crippen molar-refractivity contribution in [2.45, 2.75) is 13.3 Å². The Kier molecular flexibility index (Phi) is 4.49. The highest BCUT2D eigenvalue weighted by Gasteiger charge is 2.18. The fourth-order valence-corrected chi connectivity index (χ4v) is 2.47. The molecule has 2 rings (SSSR count). The summed E-state index contributed by atoms with van der Waals surface area (Å²) in [5.41, 5.74) is 3.22. The largest absolute Gasteiger partial charge is 0.478 e. The number of anilines is 1. The van der Waals surface area contributed by atoms with Gasteiger partial charge in [0.05, 0.1) is 21.7 Å². The van der Waals surface area contributed by atoms with Crippen LogP contribution in [0.25, 0.3) is 0 Å². The molecule has 1 heterocycles. The summed E-state index contributed by atoms with van der Waals surface area (Å²) in [4.78, 5) is 25.6. The molecule has 0 radical (unpaired) electrons. The van der Waals surface area contributed by atoms with Crippen molar-refractivity contribution in [1.82, 2.24) is 4.98 Å². The summed E-state index contributed by atoms with van der Waals surface area (Å²) in [6, 6.07) is 2.48. The molecule has 1 aromatic carbocycles. The summed E-state index contributed by atoms with van der Waals surface area (Å²) < 4.78 is 0. The zero-order chi connectivity index (χ0) is 15.4. The van der Waals surface area contributed by atoms with Crippen LogP contribution in [0.15, 0.2) is 23.0 Å². The Labute approximate surface area is 124 Å². The maximum absolute atomic E-state index is 11.0. The van der Waals surface area contributed by atoms with Gasteiger partial charge in [-0.3, -0.25) is 10.1 Å². The molecule has 2 aromatic rings. The van der Waals surface area contributed by atoms with Gasteiger partial charge in [-0.25, -0.2) is 9.78 Å². The number of carboxylic acid groups (broad SMARTS) is 1. The third-order valence-corrected chi connectivity index (χ3v) is 3.64. The molecule has 0 aliphatic rings. The number of aromatic nitrogens is 1. The highest BCUT2D eigenvalue weighted by atomic mass is 32.1. The quantitative estimate of drug-likeness (QED) is 0.628. The lowest BCUT2D eigenvalue weighted by Crippen LogP contribution is -2.09. The Balaban J connectivity index is 2.20. The molecule has 0 fully saturated rings. The molecule has 0 amide bonds. The van der Waals surface area contributed by atoms with Gasteiger partial charge in [0.25, 0.3) is 5.69 Å². The number of nitro groups is 1. The highest BCUT2D eigenvalue weighted by Crippen LogP contribution is 2.27. The smallest absolute Gasteiger partial charge is 0.336 e. The molecule has 0 saturated heterocycles. The summed E-state index contributed by atoms with van der Waals surface area (Å²) in [7, 11) is 0. The topological polar surface area (TPSA) is 105 Å². The molecule has 7 nitrogen and oxygen atoms in total. The molecular formula is C13H13N3O4S. The van der Waals surface area contributed by atoms with E-state index in [0.29, 0.717) is 24.2 Å². The molecule has 8 heteroatoms. The minimum absolute atomic E-state index is 0.108. The van der Waals surface area contributed by atoms with Crippen molar-refractivity contribution in [3.8, 4) is 0 Å². The summed E-state index contributed by atoms with van der Waals surface area (Å²) in [6.07, 6.45) is 0.661. The summed E-state index contributed by atoms with van der Waals surface area (Å²) in [5, 5.41) is 25.0. The summed E-state index contributed by atoms with van der Waals surface area (Å²) in [6.45, 7) is 2.11. The van der Waals surface area contributed by atoms with Gasteiger partial charge < -0.3 is 10.4 Å². The average Bonchev–Trinajstić information content (AvgIpc) is 2.93. The van der Waals surface area contributed by atoms with Crippen LogP contribution < -0.4 is 5.32 Å². The maximum Gasteiger partial charge on any atom is 0.336 e. The predicted octanol–water partition coefficient (Wildman–Crippen LogP) is 2.71. The van der Waals surface area contributed by atoms with E-state index in [4.69, 9.17) is 5.11 Å². The Bertz CT molecular complexity index is 670. The lowest BCUT2D eigenvalue weighted by Gasteiger charge is -2.10. The van der Waals surface area contributed by atoms with Gasteiger partial charge in [-0.15, -0.1) is 11.3 Å². The number of nitro benzene ring substituents is 1. The molecule has 2 N–H and O–H groups in total. The molecule has 0 bridgehead atoms. The van der Waals surface area contributed by atoms with Crippen LogP contribution in [0.3, 0.4) is 0 Å². The number of rotatable bonds is 6. The van der Waals surface area contributed by atoms with Gasteiger partial charge in [0, 0.05) is 35.7 Å². The SMILES string of the molecule is Cc1c(NCCc2cscn2)cc(C(=O)O)cc1[N+](=O)[O-]. The number of carboxylic acids is 1. The van der Waals surface area contributed by atoms with Crippen molar-refractivity contribution in [2.75, 3.05) is 11.9 Å². The number of hydrogen-bond acceptors (Lipinski definition) is 6. The Morgan fingerprint density at radius 1 is 1.52 bits per heavy atom. The van der Waals surface area contributed by atoms with Gasteiger partial charge >= 0.3 is 5.97 Å². The number of hydrogen-bond donors (Lipinski definition) is 2. The molecule has 110 valence electrons. The van der Waals surface area contributed by atoms with Gasteiger partial charge in [0.1, 0.15) is 0 Å². The third kappa shape index (κ3) is 3.54. The number of aromatic carboxylic acids is 1. The highest BCUT2D eigenvalue weighted by molar-refractivity contribution is 7.07. The normalized spacial score (nSPS) is 10.3. The fraction of sp³-hybridized carbons (Fsp3) is 0.231.